The number of H-pyrrole nitrogens is 1. The van der Waals surface area contributed by atoms with Gasteiger partial charge in [0.25, 0.3) is 0 Å². The molecule has 21 heavy (non-hydrogen) atoms. The number of rotatable bonds is 6. The maximum absolute atomic E-state index is 11.4. The van der Waals surface area contributed by atoms with Crippen LogP contribution in [0.1, 0.15) is 25.0 Å². The highest BCUT2D eigenvalue weighted by Gasteiger charge is 2.08. The van der Waals surface area contributed by atoms with Crippen LogP contribution in [0.15, 0.2) is 33.0 Å². The van der Waals surface area contributed by atoms with Crippen LogP contribution >= 0.6 is 11.8 Å². The Morgan fingerprint density at radius 2 is 2.19 bits per heavy atom. The molecule has 0 fully saturated rings. The molecule has 1 aromatic carbocycles. The van der Waals surface area contributed by atoms with E-state index in [1.165, 1.54) is 27.5 Å². The molecule has 2 rings (SSSR count). The number of hydrogen-bond donors (Lipinski definition) is 2. The molecule has 0 amide bonds. The lowest BCUT2D eigenvalue weighted by Gasteiger charge is -2.10. The first-order valence-corrected chi connectivity index (χ1v) is 7.88. The first-order valence-electron chi connectivity index (χ1n) is 7.07. The Kier molecular flexibility index (Phi) is 5.25. The highest BCUT2D eigenvalue weighted by Crippen LogP contribution is 2.28. The van der Waals surface area contributed by atoms with Gasteiger partial charge in [-0.1, -0.05) is 26.0 Å². The van der Waals surface area contributed by atoms with Crippen LogP contribution in [0.5, 0.6) is 0 Å². The van der Waals surface area contributed by atoms with Gasteiger partial charge in [-0.05, 0) is 48.3 Å². The molecule has 0 bridgehead atoms. The van der Waals surface area contributed by atoms with Crippen LogP contribution in [0.3, 0.4) is 0 Å². The summed E-state index contributed by atoms with van der Waals surface area (Å²) >= 11 is 1.50. The molecule has 6 heteroatoms. The molecule has 0 aliphatic carbocycles. The van der Waals surface area contributed by atoms with Gasteiger partial charge in [0.05, 0.1) is 0 Å². The predicted octanol–water partition coefficient (Wildman–Crippen LogP) is 2.31. The van der Waals surface area contributed by atoms with Crippen molar-refractivity contribution in [3.05, 3.63) is 39.8 Å². The zero-order chi connectivity index (χ0) is 15.4. The second-order valence-corrected chi connectivity index (χ2v) is 6.61. The van der Waals surface area contributed by atoms with E-state index in [0.717, 1.165) is 18.0 Å². The molecule has 114 valence electrons. The average Bonchev–Trinajstić information content (AvgIpc) is 2.73. The Balaban J connectivity index is 2.05. The lowest BCUT2D eigenvalue weighted by Crippen LogP contribution is -2.18. The maximum Gasteiger partial charge on any atom is 0.343 e. The van der Waals surface area contributed by atoms with Crippen molar-refractivity contribution in [3.8, 4) is 0 Å². The van der Waals surface area contributed by atoms with Gasteiger partial charge < -0.3 is 5.32 Å². The first kappa shape index (κ1) is 15.9. The van der Waals surface area contributed by atoms with Crippen molar-refractivity contribution in [2.45, 2.75) is 37.4 Å². The van der Waals surface area contributed by atoms with Crippen molar-refractivity contribution >= 4 is 11.8 Å². The molecule has 1 heterocycles. The molecule has 2 N–H and O–H groups in total. The zero-order valence-electron chi connectivity index (χ0n) is 12.9. The minimum absolute atomic E-state index is 0.190. The van der Waals surface area contributed by atoms with Crippen LogP contribution in [-0.4, -0.2) is 21.3 Å². The fraction of sp³-hybridized carbons (Fsp3) is 0.467. The van der Waals surface area contributed by atoms with Crippen LogP contribution in [0, 0.1) is 12.8 Å². The summed E-state index contributed by atoms with van der Waals surface area (Å²) in [6.07, 6.45) is 0. The molecular formula is C15H22N4OS. The van der Waals surface area contributed by atoms with Crippen molar-refractivity contribution in [3.63, 3.8) is 0 Å². The lowest BCUT2D eigenvalue weighted by molar-refractivity contribution is 0.552. The first-order chi connectivity index (χ1) is 9.97. The summed E-state index contributed by atoms with van der Waals surface area (Å²) in [4.78, 5) is 12.5. The van der Waals surface area contributed by atoms with E-state index in [1.54, 1.807) is 7.05 Å². The van der Waals surface area contributed by atoms with E-state index >= 15 is 0 Å². The molecule has 2 aromatic rings. The van der Waals surface area contributed by atoms with Crippen molar-refractivity contribution in [1.29, 1.82) is 0 Å². The molecule has 0 spiro atoms. The number of aromatic amines is 1. The molecule has 5 nitrogen and oxygen atoms in total. The number of nitrogens with zero attached hydrogens (tertiary/aromatic N) is 2. The fourth-order valence-electron chi connectivity index (χ4n) is 1.96. The van der Waals surface area contributed by atoms with E-state index < -0.39 is 0 Å². The zero-order valence-corrected chi connectivity index (χ0v) is 13.8. The number of hydrogen-bond acceptors (Lipinski definition) is 4. The van der Waals surface area contributed by atoms with Gasteiger partial charge in [-0.3, -0.25) is 4.57 Å². The largest absolute Gasteiger partial charge is 0.343 e. The van der Waals surface area contributed by atoms with Crippen LogP contribution in [0.2, 0.25) is 0 Å². The number of aromatic nitrogens is 3. The minimum Gasteiger partial charge on any atom is -0.312 e. The molecule has 0 saturated heterocycles. The van der Waals surface area contributed by atoms with Crippen molar-refractivity contribution < 1.29 is 0 Å². The minimum atomic E-state index is -0.190. The Morgan fingerprint density at radius 1 is 1.43 bits per heavy atom. The van der Waals surface area contributed by atoms with E-state index in [0.29, 0.717) is 11.1 Å². The van der Waals surface area contributed by atoms with Crippen LogP contribution < -0.4 is 11.0 Å². The fourth-order valence-corrected chi connectivity index (χ4v) is 2.83. The highest BCUT2D eigenvalue weighted by molar-refractivity contribution is 7.99. The van der Waals surface area contributed by atoms with Gasteiger partial charge in [0.1, 0.15) is 0 Å². The molecule has 0 aliphatic rings. The average molecular weight is 306 g/mol. The summed E-state index contributed by atoms with van der Waals surface area (Å²) in [5, 5.41) is 10.6. The Morgan fingerprint density at radius 3 is 2.76 bits per heavy atom. The summed E-state index contributed by atoms with van der Waals surface area (Å²) in [5.41, 5.74) is 2.28. The number of aryl methyl sites for hydroxylation is 1. The van der Waals surface area contributed by atoms with Crippen molar-refractivity contribution in [2.24, 2.45) is 13.0 Å². The third-order valence-electron chi connectivity index (χ3n) is 3.16. The molecule has 0 atom stereocenters. The van der Waals surface area contributed by atoms with Crippen LogP contribution in [-0.2, 0) is 13.6 Å². The second-order valence-electron chi connectivity index (χ2n) is 5.60. The van der Waals surface area contributed by atoms with Gasteiger partial charge in [0.15, 0.2) is 5.16 Å². The summed E-state index contributed by atoms with van der Waals surface area (Å²) < 4.78 is 1.52. The van der Waals surface area contributed by atoms with E-state index in [1.807, 2.05) is 0 Å². The Labute approximate surface area is 129 Å². The van der Waals surface area contributed by atoms with Crippen molar-refractivity contribution in [1.82, 2.24) is 20.1 Å². The van der Waals surface area contributed by atoms with Crippen molar-refractivity contribution in [2.75, 3.05) is 6.54 Å². The van der Waals surface area contributed by atoms with Gasteiger partial charge >= 0.3 is 5.69 Å². The summed E-state index contributed by atoms with van der Waals surface area (Å²) in [7, 11) is 1.72. The summed E-state index contributed by atoms with van der Waals surface area (Å²) in [6, 6.07) is 6.39. The van der Waals surface area contributed by atoms with Gasteiger partial charge in [-0.2, -0.15) is 0 Å². The van der Waals surface area contributed by atoms with Gasteiger partial charge in [0.2, 0.25) is 0 Å². The molecule has 0 aliphatic heterocycles. The van der Waals surface area contributed by atoms with E-state index in [2.05, 4.69) is 54.5 Å². The lowest BCUT2D eigenvalue weighted by atomic mass is 10.1. The van der Waals surface area contributed by atoms with Gasteiger partial charge in [0, 0.05) is 18.5 Å². The Hall–Kier alpha value is -1.53. The number of nitrogens with one attached hydrogen (secondary N) is 2. The van der Waals surface area contributed by atoms with Gasteiger partial charge in [-0.15, -0.1) is 5.10 Å². The molecule has 0 radical (unpaired) electrons. The number of benzene rings is 1. The van der Waals surface area contributed by atoms with Crippen LogP contribution in [0.4, 0.5) is 0 Å². The second kappa shape index (κ2) is 6.95. The molecular weight excluding hydrogens is 284 g/mol. The third-order valence-corrected chi connectivity index (χ3v) is 4.39. The normalized spacial score (nSPS) is 11.3. The van der Waals surface area contributed by atoms with Gasteiger partial charge in [-0.25, -0.2) is 9.89 Å². The van der Waals surface area contributed by atoms with E-state index in [-0.39, 0.29) is 5.69 Å². The van der Waals surface area contributed by atoms with E-state index in [9.17, 15) is 4.79 Å². The van der Waals surface area contributed by atoms with Crippen LogP contribution in [0.25, 0.3) is 0 Å². The Bertz CT molecular complexity index is 660. The maximum atomic E-state index is 11.4. The molecule has 0 unspecified atom stereocenters. The molecule has 0 saturated carbocycles. The predicted molar refractivity (Wildman–Crippen MR) is 85.7 cm³/mol. The monoisotopic (exact) mass is 306 g/mol. The molecule has 1 aromatic heterocycles. The standard InChI is InChI=1S/C15H22N4OS/c1-10(2)8-16-9-12-5-6-13(11(3)7-12)21-15-18-17-14(20)19(15)4/h5-7,10,16H,8-9H2,1-4H3,(H,17,20). The third kappa shape index (κ3) is 4.22. The quantitative estimate of drug-likeness (QED) is 0.860. The summed E-state index contributed by atoms with van der Waals surface area (Å²) in [6.45, 7) is 8.38. The highest BCUT2D eigenvalue weighted by atomic mass is 32.2. The summed E-state index contributed by atoms with van der Waals surface area (Å²) in [5.74, 6) is 0.655. The SMILES string of the molecule is Cc1cc(CNCC(C)C)ccc1Sc1n[nH]c(=O)n1C. The topological polar surface area (TPSA) is 62.7 Å². The smallest absolute Gasteiger partial charge is 0.312 e. The van der Waals surface area contributed by atoms with E-state index in [4.69, 9.17) is 0 Å².